The second-order valence-corrected chi connectivity index (χ2v) is 19.8. The van der Waals surface area contributed by atoms with E-state index in [2.05, 4.69) is 149 Å². The van der Waals surface area contributed by atoms with Crippen LogP contribution < -0.4 is 0 Å². The van der Waals surface area contributed by atoms with Crippen molar-refractivity contribution < 1.29 is 0 Å². The maximum Gasteiger partial charge on any atom is 0.160 e. The minimum Gasteiger partial charge on any atom is -0.308 e. The molecule has 0 fully saturated rings. The first kappa shape index (κ1) is 46.5. The van der Waals surface area contributed by atoms with Crippen molar-refractivity contribution in [2.45, 2.75) is 41.5 Å². The molecule has 0 saturated carbocycles. The summed E-state index contributed by atoms with van der Waals surface area (Å²) in [5.41, 5.74) is 23.3. The number of nitrogens with zero attached hydrogens (tertiary/aromatic N) is 6. The first-order valence-corrected chi connectivity index (χ1v) is 25.4. The summed E-state index contributed by atoms with van der Waals surface area (Å²) in [6.07, 6.45) is 0. The Bertz CT molecular complexity index is 3800. The van der Waals surface area contributed by atoms with Gasteiger partial charge in [-0.2, -0.15) is 5.26 Å². The summed E-state index contributed by atoms with van der Waals surface area (Å²) in [5, 5.41) is 13.4. The van der Waals surface area contributed by atoms with Crippen LogP contribution in [0, 0.1) is 52.9 Å². The average molecular weight is 965 g/mol. The largest absolute Gasteiger partial charge is 0.308 e. The Morgan fingerprint density at radius 1 is 0.347 bits per heavy atom. The molecule has 6 heteroatoms. The van der Waals surface area contributed by atoms with E-state index < -0.39 is 0 Å². The Morgan fingerprint density at radius 2 is 0.693 bits per heavy atom. The van der Waals surface area contributed by atoms with Gasteiger partial charge in [0.15, 0.2) is 11.6 Å². The van der Waals surface area contributed by atoms with E-state index in [-0.39, 0.29) is 0 Å². The third-order valence-electron chi connectivity index (χ3n) is 14.4. The Labute approximate surface area is 438 Å². The summed E-state index contributed by atoms with van der Waals surface area (Å²) in [4.78, 5) is 21.5. The Morgan fingerprint density at radius 3 is 1.05 bits per heavy atom. The third kappa shape index (κ3) is 8.65. The highest BCUT2D eigenvalue weighted by Crippen LogP contribution is 2.46. The predicted molar refractivity (Wildman–Crippen MR) is 309 cm³/mol. The van der Waals surface area contributed by atoms with Gasteiger partial charge in [-0.25, -0.2) is 19.9 Å². The molecule has 0 radical (unpaired) electrons. The second kappa shape index (κ2) is 19.1. The molecule has 3 aromatic heterocycles. The molecular weight excluding hydrogens is 913 g/mol. The molecule has 12 aromatic rings. The number of rotatable bonds is 9. The summed E-state index contributed by atoms with van der Waals surface area (Å²) < 4.78 is 2.42. The van der Waals surface area contributed by atoms with Gasteiger partial charge in [-0.1, -0.05) is 181 Å². The van der Waals surface area contributed by atoms with Gasteiger partial charge in [0.25, 0.3) is 0 Å². The molecule has 0 aliphatic carbocycles. The van der Waals surface area contributed by atoms with E-state index in [9.17, 15) is 5.26 Å². The molecule has 12 rings (SSSR count). The van der Waals surface area contributed by atoms with Gasteiger partial charge in [-0.15, -0.1) is 0 Å². The molecule has 6 nitrogen and oxygen atoms in total. The molecule has 0 bridgehead atoms. The molecule has 0 spiro atoms. The number of benzene rings is 9. The molecule has 3 heterocycles. The molecule has 0 atom stereocenters. The highest BCUT2D eigenvalue weighted by atomic mass is 15.0. The number of nitriles is 1. The zero-order valence-corrected chi connectivity index (χ0v) is 42.8. The molecule has 0 N–H and O–H groups in total. The zero-order chi connectivity index (χ0) is 51.3. The molecule has 0 aliphatic rings. The van der Waals surface area contributed by atoms with E-state index in [1.807, 2.05) is 109 Å². The van der Waals surface area contributed by atoms with Crippen molar-refractivity contribution in [1.29, 1.82) is 5.26 Å². The first-order valence-electron chi connectivity index (χ1n) is 25.4. The van der Waals surface area contributed by atoms with Gasteiger partial charge in [0, 0.05) is 44.2 Å². The highest BCUT2D eigenvalue weighted by Gasteiger charge is 2.26. The lowest BCUT2D eigenvalue weighted by atomic mass is 9.92. The van der Waals surface area contributed by atoms with Crippen molar-refractivity contribution in [3.05, 3.63) is 245 Å². The highest BCUT2D eigenvalue weighted by molar-refractivity contribution is 6.12. The van der Waals surface area contributed by atoms with Crippen LogP contribution in [0.1, 0.15) is 38.9 Å². The van der Waals surface area contributed by atoms with Gasteiger partial charge in [-0.3, -0.25) is 0 Å². The second-order valence-electron chi connectivity index (χ2n) is 19.8. The minimum atomic E-state index is 0.463. The van der Waals surface area contributed by atoms with Crippen LogP contribution in [-0.2, 0) is 0 Å². The van der Waals surface area contributed by atoms with Crippen molar-refractivity contribution in [1.82, 2.24) is 24.5 Å². The third-order valence-corrected chi connectivity index (χ3v) is 14.4. The zero-order valence-electron chi connectivity index (χ0n) is 42.8. The summed E-state index contributed by atoms with van der Waals surface area (Å²) >= 11 is 0. The van der Waals surface area contributed by atoms with E-state index in [0.29, 0.717) is 28.6 Å². The van der Waals surface area contributed by atoms with E-state index in [0.717, 1.165) is 83.4 Å². The number of hydrogen-bond acceptors (Lipinski definition) is 5. The number of aryl methyl sites for hydroxylation is 6. The molecule has 0 unspecified atom stereocenters. The van der Waals surface area contributed by atoms with Crippen molar-refractivity contribution in [3.8, 4) is 102 Å². The van der Waals surface area contributed by atoms with Gasteiger partial charge in [0.1, 0.15) is 0 Å². The van der Waals surface area contributed by atoms with Crippen molar-refractivity contribution in [2.75, 3.05) is 0 Å². The van der Waals surface area contributed by atoms with Crippen LogP contribution >= 0.6 is 0 Å². The summed E-state index contributed by atoms with van der Waals surface area (Å²) in [7, 11) is 0. The number of fused-ring (bicyclic) bond motifs is 3. The molecule has 358 valence electrons. The van der Waals surface area contributed by atoms with E-state index in [1.165, 1.54) is 44.5 Å². The van der Waals surface area contributed by atoms with Crippen LogP contribution in [0.25, 0.3) is 118 Å². The van der Waals surface area contributed by atoms with Crippen molar-refractivity contribution in [2.24, 2.45) is 0 Å². The van der Waals surface area contributed by atoms with E-state index in [1.54, 1.807) is 0 Å². The monoisotopic (exact) mass is 964 g/mol. The normalized spacial score (nSPS) is 11.3. The van der Waals surface area contributed by atoms with Crippen LogP contribution in [0.15, 0.2) is 206 Å². The van der Waals surface area contributed by atoms with Gasteiger partial charge >= 0.3 is 0 Å². The van der Waals surface area contributed by atoms with Gasteiger partial charge < -0.3 is 4.57 Å². The lowest BCUT2D eigenvalue weighted by Gasteiger charge is -2.21. The molecule has 75 heavy (non-hydrogen) atoms. The fourth-order valence-corrected chi connectivity index (χ4v) is 11.3. The summed E-state index contributed by atoms with van der Waals surface area (Å²) in [5.74, 6) is 1.15. The standard InChI is InChI=1S/C69H52N6/c1-42-31-44(3)65(45(4)32-42)53-27-29-55-56-30-28-54(66-46(5)33-43(2)34-47(66)6)38-64(56)75(63(55)37-53)67-57(61-39-59(49-19-11-7-12-20-49)71-68(73-61)51-23-15-9-16-24-51)35-48(41-70)36-58(67)62-40-60(50-21-13-8-14-22-50)72-69(74-62)52-25-17-10-18-26-52/h7-40H,1-6H3. The summed E-state index contributed by atoms with van der Waals surface area (Å²) in [6.45, 7) is 13.1. The number of hydrogen-bond donors (Lipinski definition) is 0. The molecule has 0 amide bonds. The smallest absolute Gasteiger partial charge is 0.160 e. The first-order chi connectivity index (χ1) is 36.6. The maximum absolute atomic E-state index is 11.2. The van der Waals surface area contributed by atoms with Crippen LogP contribution in [0.2, 0.25) is 0 Å². The minimum absolute atomic E-state index is 0.463. The Balaban J connectivity index is 1.28. The van der Waals surface area contributed by atoms with Crippen LogP contribution in [-0.4, -0.2) is 24.5 Å². The maximum atomic E-state index is 11.2. The lowest BCUT2D eigenvalue weighted by Crippen LogP contribution is -2.06. The summed E-state index contributed by atoms with van der Waals surface area (Å²) in [6, 6.07) is 74.3. The van der Waals surface area contributed by atoms with Crippen LogP contribution in [0.5, 0.6) is 0 Å². The fraction of sp³-hybridized carbons (Fsp3) is 0.0870. The van der Waals surface area contributed by atoms with Crippen LogP contribution in [0.3, 0.4) is 0 Å². The molecular formula is C69H52N6. The van der Waals surface area contributed by atoms with Crippen molar-refractivity contribution >= 4 is 21.8 Å². The van der Waals surface area contributed by atoms with Gasteiger partial charge in [0.05, 0.1) is 51.1 Å². The lowest BCUT2D eigenvalue weighted by molar-refractivity contribution is 1.14. The van der Waals surface area contributed by atoms with Gasteiger partial charge in [-0.05, 0) is 122 Å². The Hall–Kier alpha value is -9.57. The quantitative estimate of drug-likeness (QED) is 0.144. The van der Waals surface area contributed by atoms with E-state index in [4.69, 9.17) is 19.9 Å². The Kier molecular flexibility index (Phi) is 11.9. The SMILES string of the molecule is Cc1cc(C)c(-c2ccc3c4ccc(-c5c(C)cc(C)cc5C)cc4n(-c4c(-c5cc(-c6ccccc6)nc(-c6ccccc6)n5)cc(C#N)cc4-c4cc(-c5ccccc5)nc(-c5ccccc5)n4)c3c2)c(C)c1. The predicted octanol–water partition coefficient (Wildman–Crippen LogP) is 17.4. The molecule has 0 aliphatic heterocycles. The van der Waals surface area contributed by atoms with E-state index >= 15 is 0 Å². The molecule has 9 aromatic carbocycles. The topological polar surface area (TPSA) is 80.3 Å². The van der Waals surface area contributed by atoms with Crippen molar-refractivity contribution in [3.63, 3.8) is 0 Å². The molecule has 0 saturated heterocycles. The number of aromatic nitrogens is 5. The fourth-order valence-electron chi connectivity index (χ4n) is 11.3. The van der Waals surface area contributed by atoms with Crippen LogP contribution in [0.4, 0.5) is 0 Å². The average Bonchev–Trinajstić information content (AvgIpc) is 3.75. The van der Waals surface area contributed by atoms with Gasteiger partial charge in [0.2, 0.25) is 0 Å².